The molecule has 4 nitrogen and oxygen atoms in total. The van der Waals surface area contributed by atoms with Crippen LogP contribution in [0.3, 0.4) is 0 Å². The molecule has 0 amide bonds. The Hall–Kier alpha value is -1.55. The Labute approximate surface area is 113 Å². The highest BCUT2D eigenvalue weighted by molar-refractivity contribution is 5.79. The van der Waals surface area contributed by atoms with Crippen molar-refractivity contribution in [2.24, 2.45) is 0 Å². The fourth-order valence-electron chi connectivity index (χ4n) is 2.81. The summed E-state index contributed by atoms with van der Waals surface area (Å²) in [5.41, 5.74) is 8.80. The van der Waals surface area contributed by atoms with Gasteiger partial charge in [0.05, 0.1) is 23.7 Å². The molecule has 2 heterocycles. The quantitative estimate of drug-likeness (QED) is 0.859. The third-order valence-electron chi connectivity index (χ3n) is 3.74. The molecule has 0 saturated carbocycles. The Balaban J connectivity index is 2.00. The zero-order chi connectivity index (χ0) is 13.2. The van der Waals surface area contributed by atoms with E-state index in [1.54, 1.807) is 0 Å². The molecule has 0 radical (unpaired) electrons. The van der Waals surface area contributed by atoms with Crippen LogP contribution in [0, 0.1) is 0 Å². The smallest absolute Gasteiger partial charge is 0.109 e. The highest BCUT2D eigenvalue weighted by Crippen LogP contribution is 2.23. The molecule has 19 heavy (non-hydrogen) atoms. The second-order valence-corrected chi connectivity index (χ2v) is 5.27. The van der Waals surface area contributed by atoms with Gasteiger partial charge < -0.3 is 15.0 Å². The van der Waals surface area contributed by atoms with E-state index in [9.17, 15) is 0 Å². The lowest BCUT2D eigenvalue weighted by atomic mass is 10.2. The summed E-state index contributed by atoms with van der Waals surface area (Å²) in [6.45, 7) is 3.99. The van der Waals surface area contributed by atoms with E-state index >= 15 is 0 Å². The fraction of sp³-hybridized carbons (Fsp3) is 0.533. The van der Waals surface area contributed by atoms with Gasteiger partial charge in [0.25, 0.3) is 0 Å². The van der Waals surface area contributed by atoms with Crippen molar-refractivity contribution in [1.29, 1.82) is 0 Å². The summed E-state index contributed by atoms with van der Waals surface area (Å²) in [5, 5.41) is 0. The number of imidazole rings is 1. The highest BCUT2D eigenvalue weighted by Gasteiger charge is 2.19. The molecule has 2 N–H and O–H groups in total. The Morgan fingerprint density at radius 2 is 2.37 bits per heavy atom. The molecule has 1 aliphatic heterocycles. The maximum Gasteiger partial charge on any atom is 0.109 e. The molecule has 1 aliphatic rings. The fourth-order valence-corrected chi connectivity index (χ4v) is 2.81. The second-order valence-electron chi connectivity index (χ2n) is 5.27. The van der Waals surface area contributed by atoms with Crippen LogP contribution in [0.2, 0.25) is 0 Å². The van der Waals surface area contributed by atoms with Gasteiger partial charge >= 0.3 is 0 Å². The van der Waals surface area contributed by atoms with E-state index in [-0.39, 0.29) is 0 Å². The zero-order valence-corrected chi connectivity index (χ0v) is 11.4. The Morgan fingerprint density at radius 3 is 3.11 bits per heavy atom. The van der Waals surface area contributed by atoms with Crippen molar-refractivity contribution in [3.63, 3.8) is 0 Å². The number of aromatic nitrogens is 2. The SMILES string of the molecule is CCCc1nc2cc(N)ccc2n1CC1CCCO1. The molecule has 1 aromatic heterocycles. The van der Waals surface area contributed by atoms with E-state index in [4.69, 9.17) is 15.5 Å². The average Bonchev–Trinajstić information content (AvgIpc) is 2.99. The Morgan fingerprint density at radius 1 is 1.47 bits per heavy atom. The van der Waals surface area contributed by atoms with Gasteiger partial charge in [-0.25, -0.2) is 4.98 Å². The van der Waals surface area contributed by atoms with Crippen LogP contribution in [0.1, 0.15) is 32.0 Å². The molecule has 4 heteroatoms. The van der Waals surface area contributed by atoms with Gasteiger partial charge in [0.1, 0.15) is 5.82 Å². The Kier molecular flexibility index (Phi) is 3.42. The van der Waals surface area contributed by atoms with Crippen LogP contribution in [-0.4, -0.2) is 22.3 Å². The van der Waals surface area contributed by atoms with Gasteiger partial charge in [0, 0.05) is 18.7 Å². The van der Waals surface area contributed by atoms with Crippen molar-refractivity contribution < 1.29 is 4.74 Å². The summed E-state index contributed by atoms with van der Waals surface area (Å²) in [6, 6.07) is 5.98. The van der Waals surface area contributed by atoms with Gasteiger partial charge in [0.2, 0.25) is 0 Å². The third kappa shape index (κ3) is 2.45. The summed E-state index contributed by atoms with van der Waals surface area (Å²) >= 11 is 0. The van der Waals surface area contributed by atoms with Crippen molar-refractivity contribution in [1.82, 2.24) is 9.55 Å². The number of nitrogens with two attached hydrogens (primary N) is 1. The molecule has 2 aromatic rings. The molecule has 0 spiro atoms. The van der Waals surface area contributed by atoms with Gasteiger partial charge in [-0.2, -0.15) is 0 Å². The monoisotopic (exact) mass is 259 g/mol. The van der Waals surface area contributed by atoms with Crippen molar-refractivity contribution in [3.05, 3.63) is 24.0 Å². The molecule has 102 valence electrons. The number of ether oxygens (including phenoxy) is 1. The maximum absolute atomic E-state index is 5.85. The average molecular weight is 259 g/mol. The van der Waals surface area contributed by atoms with Crippen molar-refractivity contribution in [2.45, 2.75) is 45.3 Å². The third-order valence-corrected chi connectivity index (χ3v) is 3.74. The van der Waals surface area contributed by atoms with Crippen molar-refractivity contribution >= 4 is 16.7 Å². The minimum Gasteiger partial charge on any atom is -0.399 e. The molecule has 0 bridgehead atoms. The van der Waals surface area contributed by atoms with Crippen LogP contribution in [0.25, 0.3) is 11.0 Å². The summed E-state index contributed by atoms with van der Waals surface area (Å²) in [7, 11) is 0. The van der Waals surface area contributed by atoms with E-state index in [2.05, 4.69) is 17.6 Å². The predicted molar refractivity (Wildman–Crippen MR) is 77.1 cm³/mol. The van der Waals surface area contributed by atoms with Crippen molar-refractivity contribution in [2.75, 3.05) is 12.3 Å². The number of aryl methyl sites for hydroxylation is 1. The molecule has 1 fully saturated rings. The molecule has 1 aromatic carbocycles. The summed E-state index contributed by atoms with van der Waals surface area (Å²) < 4.78 is 8.07. The summed E-state index contributed by atoms with van der Waals surface area (Å²) in [4.78, 5) is 4.73. The summed E-state index contributed by atoms with van der Waals surface area (Å²) in [6.07, 6.45) is 4.77. The minimum atomic E-state index is 0.338. The minimum absolute atomic E-state index is 0.338. The number of anilines is 1. The lowest BCUT2D eigenvalue weighted by Gasteiger charge is -2.14. The van der Waals surface area contributed by atoms with Gasteiger partial charge in [-0.1, -0.05) is 6.92 Å². The lowest BCUT2D eigenvalue weighted by Crippen LogP contribution is -2.17. The van der Waals surface area contributed by atoms with Crippen LogP contribution in [-0.2, 0) is 17.7 Å². The van der Waals surface area contributed by atoms with E-state index in [0.717, 1.165) is 49.4 Å². The van der Waals surface area contributed by atoms with Crippen molar-refractivity contribution in [3.8, 4) is 0 Å². The first-order chi connectivity index (χ1) is 9.28. The number of hydrogen-bond donors (Lipinski definition) is 1. The second kappa shape index (κ2) is 5.21. The van der Waals surface area contributed by atoms with Crippen LogP contribution in [0.4, 0.5) is 5.69 Å². The van der Waals surface area contributed by atoms with Crippen LogP contribution in [0.5, 0.6) is 0 Å². The predicted octanol–water partition coefficient (Wildman–Crippen LogP) is 2.75. The Bertz CT molecular complexity index is 570. The van der Waals surface area contributed by atoms with Crippen LogP contribution in [0.15, 0.2) is 18.2 Å². The number of nitrogens with zero attached hydrogens (tertiary/aromatic N) is 2. The van der Waals surface area contributed by atoms with Gasteiger partial charge in [-0.15, -0.1) is 0 Å². The maximum atomic E-state index is 5.85. The normalized spacial score (nSPS) is 19.3. The van der Waals surface area contributed by atoms with Gasteiger partial charge in [-0.05, 0) is 37.5 Å². The topological polar surface area (TPSA) is 53.1 Å². The molecule has 1 atom stereocenters. The number of hydrogen-bond acceptors (Lipinski definition) is 3. The number of fused-ring (bicyclic) bond motifs is 1. The van der Waals surface area contributed by atoms with Crippen LogP contribution >= 0.6 is 0 Å². The molecule has 1 saturated heterocycles. The molecule has 3 rings (SSSR count). The van der Waals surface area contributed by atoms with Crippen LogP contribution < -0.4 is 5.73 Å². The summed E-state index contributed by atoms with van der Waals surface area (Å²) in [5.74, 6) is 1.15. The molecule has 0 aliphatic carbocycles. The van der Waals surface area contributed by atoms with Gasteiger partial charge in [-0.3, -0.25) is 0 Å². The van der Waals surface area contributed by atoms with E-state index in [1.165, 1.54) is 11.9 Å². The molecular weight excluding hydrogens is 238 g/mol. The first kappa shape index (κ1) is 12.5. The molecule has 1 unspecified atom stereocenters. The first-order valence-electron chi connectivity index (χ1n) is 7.14. The van der Waals surface area contributed by atoms with Gasteiger partial charge in [0.15, 0.2) is 0 Å². The van der Waals surface area contributed by atoms with E-state index in [0.29, 0.717) is 6.10 Å². The number of nitrogen functional groups attached to an aromatic ring is 1. The number of rotatable bonds is 4. The highest BCUT2D eigenvalue weighted by atomic mass is 16.5. The lowest BCUT2D eigenvalue weighted by molar-refractivity contribution is 0.0972. The van der Waals surface area contributed by atoms with E-state index in [1.807, 2.05) is 12.1 Å². The molecular formula is C15H21N3O. The first-order valence-corrected chi connectivity index (χ1v) is 7.14. The van der Waals surface area contributed by atoms with E-state index < -0.39 is 0 Å². The zero-order valence-electron chi connectivity index (χ0n) is 11.4. The number of benzene rings is 1. The standard InChI is InChI=1S/C15H21N3O/c1-2-4-15-17-13-9-11(16)6-7-14(13)18(15)10-12-5-3-8-19-12/h6-7,9,12H,2-5,8,10,16H2,1H3. The largest absolute Gasteiger partial charge is 0.399 e.